The Morgan fingerprint density at radius 2 is 1.79 bits per heavy atom. The molecule has 1 N–H and O–H groups in total. The number of carbonyl (C=O) groups is 1. The van der Waals surface area contributed by atoms with Gasteiger partial charge in [0.2, 0.25) is 15.9 Å². The maximum atomic E-state index is 12.7. The van der Waals surface area contributed by atoms with Crippen LogP contribution >= 0.6 is 11.6 Å². The Bertz CT molecular complexity index is 918. The minimum atomic E-state index is -3.71. The molecule has 0 fully saturated rings. The highest BCUT2D eigenvalue weighted by Gasteiger charge is 2.23. The first-order valence-corrected chi connectivity index (χ1v) is 10.8. The summed E-state index contributed by atoms with van der Waals surface area (Å²) < 4.78 is 25.9. The maximum absolute atomic E-state index is 12.7. The van der Waals surface area contributed by atoms with E-state index in [9.17, 15) is 13.2 Å². The van der Waals surface area contributed by atoms with Gasteiger partial charge in [0.25, 0.3) is 0 Å². The van der Waals surface area contributed by atoms with Gasteiger partial charge in [-0.1, -0.05) is 48.9 Å². The van der Waals surface area contributed by atoms with Crippen LogP contribution in [0, 0.1) is 0 Å². The summed E-state index contributed by atoms with van der Waals surface area (Å²) in [4.78, 5) is 14.7. The molecule has 0 aliphatic heterocycles. The topological polar surface area (TPSA) is 69.7 Å². The second-order valence-corrected chi connectivity index (χ2v) is 9.17. The molecule has 0 radical (unpaired) electrons. The quantitative estimate of drug-likeness (QED) is 0.706. The molecule has 2 aromatic carbocycles. The third kappa shape index (κ3) is 5.32. The number of hydrogen-bond donors (Lipinski definition) is 1. The number of sulfonamides is 1. The molecule has 1 unspecified atom stereocenters. The van der Waals surface area contributed by atoms with E-state index < -0.39 is 16.1 Å². The fourth-order valence-electron chi connectivity index (χ4n) is 2.73. The van der Waals surface area contributed by atoms with Gasteiger partial charge in [0.15, 0.2) is 0 Å². The van der Waals surface area contributed by atoms with Crippen LogP contribution < -0.4 is 5.32 Å². The van der Waals surface area contributed by atoms with Crippen molar-refractivity contribution in [3.63, 3.8) is 0 Å². The predicted octanol–water partition coefficient (Wildman–Crippen LogP) is 3.44. The lowest BCUT2D eigenvalue weighted by atomic mass is 10.1. The summed E-state index contributed by atoms with van der Waals surface area (Å²) in [6.07, 6.45) is 0. The summed E-state index contributed by atoms with van der Waals surface area (Å²) in [5, 5.41) is 2.91. The molecule has 0 saturated carbocycles. The molecule has 2 aromatic rings. The number of benzene rings is 2. The predicted molar refractivity (Wildman–Crippen MR) is 113 cm³/mol. The third-order valence-electron chi connectivity index (χ3n) is 4.52. The average molecular weight is 424 g/mol. The van der Waals surface area contributed by atoms with E-state index >= 15 is 0 Å². The summed E-state index contributed by atoms with van der Waals surface area (Å²) in [6, 6.07) is 14.0. The molecule has 0 aromatic heterocycles. The van der Waals surface area contributed by atoms with Crippen molar-refractivity contribution in [1.29, 1.82) is 0 Å². The Morgan fingerprint density at radius 1 is 1.14 bits per heavy atom. The number of carbonyl (C=O) groups excluding carboxylic acids is 1. The zero-order valence-corrected chi connectivity index (χ0v) is 18.1. The Balaban J connectivity index is 2.17. The van der Waals surface area contributed by atoms with Crippen molar-refractivity contribution in [2.45, 2.75) is 31.3 Å². The number of nitrogens with one attached hydrogen (secondary N) is 1. The number of amides is 1. The van der Waals surface area contributed by atoms with Crippen LogP contribution in [0.25, 0.3) is 0 Å². The van der Waals surface area contributed by atoms with Crippen LogP contribution in [0.5, 0.6) is 0 Å². The molecule has 8 heteroatoms. The molecule has 2 rings (SSSR count). The molecule has 0 spiro atoms. The minimum absolute atomic E-state index is 0.0405. The van der Waals surface area contributed by atoms with Crippen molar-refractivity contribution >= 4 is 33.2 Å². The van der Waals surface area contributed by atoms with Crippen LogP contribution in [0.4, 0.5) is 5.69 Å². The number of halogens is 1. The van der Waals surface area contributed by atoms with E-state index in [-0.39, 0.29) is 15.8 Å². The molecule has 0 saturated heterocycles. The fourth-order valence-corrected chi connectivity index (χ4v) is 4.12. The monoisotopic (exact) mass is 423 g/mol. The Kier molecular flexibility index (Phi) is 7.60. The van der Waals surface area contributed by atoms with Crippen molar-refractivity contribution in [1.82, 2.24) is 9.21 Å². The van der Waals surface area contributed by atoms with E-state index in [0.29, 0.717) is 18.8 Å². The van der Waals surface area contributed by atoms with E-state index in [1.165, 1.54) is 26.2 Å². The van der Waals surface area contributed by atoms with Crippen LogP contribution in [0.2, 0.25) is 5.02 Å². The van der Waals surface area contributed by atoms with E-state index in [1.807, 2.05) is 49.1 Å². The zero-order chi connectivity index (χ0) is 20.9. The van der Waals surface area contributed by atoms with Crippen molar-refractivity contribution < 1.29 is 13.2 Å². The van der Waals surface area contributed by atoms with E-state index in [0.717, 1.165) is 9.87 Å². The Morgan fingerprint density at radius 3 is 2.36 bits per heavy atom. The maximum Gasteiger partial charge on any atom is 0.244 e. The molecule has 0 heterocycles. The average Bonchev–Trinajstić information content (AvgIpc) is 2.67. The van der Waals surface area contributed by atoms with Crippen LogP contribution in [0.1, 0.15) is 19.4 Å². The van der Waals surface area contributed by atoms with Crippen molar-refractivity contribution in [3.05, 3.63) is 59.1 Å². The number of likely N-dealkylation sites (N-methyl/N-ethyl adjacent to an activating group) is 1. The molecule has 0 aliphatic rings. The summed E-state index contributed by atoms with van der Waals surface area (Å²) >= 11 is 6.06. The molecule has 0 bridgehead atoms. The van der Waals surface area contributed by atoms with Gasteiger partial charge in [-0.25, -0.2) is 12.7 Å². The molecular weight excluding hydrogens is 398 g/mol. The number of hydrogen-bond acceptors (Lipinski definition) is 4. The molecule has 1 atom stereocenters. The lowest BCUT2D eigenvalue weighted by Gasteiger charge is -2.27. The van der Waals surface area contributed by atoms with Crippen LogP contribution in [0.15, 0.2) is 53.4 Å². The van der Waals surface area contributed by atoms with Gasteiger partial charge in [0.1, 0.15) is 4.90 Å². The van der Waals surface area contributed by atoms with Crippen LogP contribution in [0.3, 0.4) is 0 Å². The second-order valence-electron chi connectivity index (χ2n) is 6.65. The normalized spacial score (nSPS) is 13.0. The standard InChI is InChI=1S/C20H26ClN3O3S/c1-5-24(14-16-9-7-6-8-10-16)15(2)20(25)22-17-11-12-18(21)19(13-17)28(26,27)23(3)4/h6-13,15H,5,14H2,1-4H3,(H,22,25). The lowest BCUT2D eigenvalue weighted by Crippen LogP contribution is -2.41. The fraction of sp³-hybridized carbons (Fsp3) is 0.350. The van der Waals surface area contributed by atoms with Gasteiger partial charge in [-0.3, -0.25) is 9.69 Å². The Hall–Kier alpha value is -1.93. The second kappa shape index (κ2) is 9.52. The first kappa shape index (κ1) is 22.4. The molecule has 0 aliphatic carbocycles. The smallest absolute Gasteiger partial charge is 0.244 e. The number of anilines is 1. The third-order valence-corrected chi connectivity index (χ3v) is 6.82. The zero-order valence-electron chi connectivity index (χ0n) is 16.5. The van der Waals surface area contributed by atoms with Gasteiger partial charge in [-0.15, -0.1) is 0 Å². The summed E-state index contributed by atoms with van der Waals surface area (Å²) in [7, 11) is -0.844. The largest absolute Gasteiger partial charge is 0.325 e. The molecule has 28 heavy (non-hydrogen) atoms. The number of rotatable bonds is 8. The number of nitrogens with zero attached hydrogens (tertiary/aromatic N) is 2. The highest BCUT2D eigenvalue weighted by molar-refractivity contribution is 7.89. The van der Waals surface area contributed by atoms with Gasteiger partial charge in [-0.05, 0) is 37.2 Å². The summed E-state index contributed by atoms with van der Waals surface area (Å²) in [5.41, 5.74) is 1.51. The van der Waals surface area contributed by atoms with E-state index in [4.69, 9.17) is 11.6 Å². The van der Waals surface area contributed by atoms with Gasteiger partial charge in [0.05, 0.1) is 11.1 Å². The molecule has 6 nitrogen and oxygen atoms in total. The summed E-state index contributed by atoms with van der Waals surface area (Å²) in [5.74, 6) is -0.215. The highest BCUT2D eigenvalue weighted by atomic mass is 35.5. The minimum Gasteiger partial charge on any atom is -0.325 e. The van der Waals surface area contributed by atoms with Crippen LogP contribution in [-0.2, 0) is 21.4 Å². The van der Waals surface area contributed by atoms with Gasteiger partial charge >= 0.3 is 0 Å². The highest BCUT2D eigenvalue weighted by Crippen LogP contribution is 2.27. The van der Waals surface area contributed by atoms with Crippen molar-refractivity contribution in [2.24, 2.45) is 0 Å². The first-order chi connectivity index (χ1) is 13.2. The van der Waals surface area contributed by atoms with Crippen molar-refractivity contribution in [3.8, 4) is 0 Å². The molecule has 1 amide bonds. The van der Waals surface area contributed by atoms with Gasteiger partial charge in [0, 0.05) is 26.3 Å². The SMILES string of the molecule is CCN(Cc1ccccc1)C(C)C(=O)Nc1ccc(Cl)c(S(=O)(=O)N(C)C)c1. The van der Waals surface area contributed by atoms with E-state index in [1.54, 1.807) is 6.07 Å². The van der Waals surface area contributed by atoms with Gasteiger partial charge in [-0.2, -0.15) is 0 Å². The molecular formula is C20H26ClN3O3S. The summed E-state index contributed by atoms with van der Waals surface area (Å²) in [6.45, 7) is 5.17. The van der Waals surface area contributed by atoms with Crippen molar-refractivity contribution in [2.75, 3.05) is 26.0 Å². The first-order valence-electron chi connectivity index (χ1n) is 8.97. The Labute approximate surface area is 172 Å². The van der Waals surface area contributed by atoms with Crippen LogP contribution in [-0.4, -0.2) is 50.2 Å². The molecule has 152 valence electrons. The van der Waals surface area contributed by atoms with Gasteiger partial charge < -0.3 is 5.32 Å². The lowest BCUT2D eigenvalue weighted by molar-refractivity contribution is -0.120. The van der Waals surface area contributed by atoms with E-state index in [2.05, 4.69) is 5.32 Å².